The largest absolute Gasteiger partial charge is 0.414 e. The maximum Gasteiger partial charge on any atom is 0.414 e. The fourth-order valence-corrected chi connectivity index (χ4v) is 1.93. The smallest absolute Gasteiger partial charge is 0.410 e. The Labute approximate surface area is 107 Å². The third-order valence-corrected chi connectivity index (χ3v) is 2.84. The molecule has 0 bridgehead atoms. The van der Waals surface area contributed by atoms with Crippen molar-refractivity contribution in [1.82, 2.24) is 4.90 Å². The van der Waals surface area contributed by atoms with Crippen LogP contribution in [-0.4, -0.2) is 25.1 Å². The van der Waals surface area contributed by atoms with Gasteiger partial charge in [0.15, 0.2) is 0 Å². The van der Waals surface area contributed by atoms with Gasteiger partial charge in [0.05, 0.1) is 0 Å². The van der Waals surface area contributed by atoms with E-state index in [1.807, 2.05) is 18.2 Å². The molecule has 1 aliphatic carbocycles. The Morgan fingerprint density at radius 2 is 2.18 bits per heavy atom. The van der Waals surface area contributed by atoms with Crippen LogP contribution in [0.1, 0.15) is 23.6 Å². The molecule has 94 valence electrons. The standard InChI is InChI=1S/C12H16N2O2.ClH/c1-14(2)12(15)16-11-5-3-4-8-9(11)6-7-10(8)13;/h3-5,10H,6-7,13H2,1-2H3;1H. The summed E-state index contributed by atoms with van der Waals surface area (Å²) in [6, 6.07) is 5.77. The summed E-state index contributed by atoms with van der Waals surface area (Å²) in [6.45, 7) is 0. The van der Waals surface area contributed by atoms with Crippen molar-refractivity contribution in [3.63, 3.8) is 0 Å². The van der Waals surface area contributed by atoms with Gasteiger partial charge in [-0.3, -0.25) is 0 Å². The Hall–Kier alpha value is -1.26. The maximum atomic E-state index is 11.5. The lowest BCUT2D eigenvalue weighted by molar-refractivity contribution is 0.171. The number of hydrogen-bond donors (Lipinski definition) is 1. The van der Waals surface area contributed by atoms with Crippen LogP contribution in [0.4, 0.5) is 4.79 Å². The van der Waals surface area contributed by atoms with E-state index in [9.17, 15) is 4.79 Å². The first-order chi connectivity index (χ1) is 7.59. The molecule has 0 heterocycles. The fourth-order valence-electron chi connectivity index (χ4n) is 1.93. The maximum absolute atomic E-state index is 11.5. The van der Waals surface area contributed by atoms with Crippen molar-refractivity contribution in [3.8, 4) is 5.75 Å². The molecule has 0 radical (unpaired) electrons. The number of amides is 1. The van der Waals surface area contributed by atoms with Crippen LogP contribution < -0.4 is 10.5 Å². The summed E-state index contributed by atoms with van der Waals surface area (Å²) in [7, 11) is 3.33. The third-order valence-electron chi connectivity index (χ3n) is 2.84. The van der Waals surface area contributed by atoms with Gasteiger partial charge in [-0.25, -0.2) is 4.79 Å². The lowest BCUT2D eigenvalue weighted by Crippen LogP contribution is -2.25. The molecule has 1 aromatic rings. The number of rotatable bonds is 1. The van der Waals surface area contributed by atoms with E-state index < -0.39 is 0 Å². The van der Waals surface area contributed by atoms with Gasteiger partial charge in [0.2, 0.25) is 0 Å². The van der Waals surface area contributed by atoms with E-state index in [4.69, 9.17) is 10.5 Å². The average molecular weight is 257 g/mol. The van der Waals surface area contributed by atoms with E-state index in [0.717, 1.165) is 24.0 Å². The summed E-state index contributed by atoms with van der Waals surface area (Å²) < 4.78 is 5.30. The second kappa shape index (κ2) is 5.38. The summed E-state index contributed by atoms with van der Waals surface area (Å²) >= 11 is 0. The molecule has 0 saturated carbocycles. The van der Waals surface area contributed by atoms with Crippen molar-refractivity contribution >= 4 is 18.5 Å². The van der Waals surface area contributed by atoms with E-state index in [1.54, 1.807) is 14.1 Å². The zero-order valence-corrected chi connectivity index (χ0v) is 10.8. The summed E-state index contributed by atoms with van der Waals surface area (Å²) in [5.41, 5.74) is 8.13. The molecule has 1 amide bonds. The van der Waals surface area contributed by atoms with Gasteiger partial charge < -0.3 is 15.4 Å². The molecule has 1 aromatic carbocycles. The van der Waals surface area contributed by atoms with Crippen LogP contribution in [0.15, 0.2) is 18.2 Å². The molecule has 4 nitrogen and oxygen atoms in total. The summed E-state index contributed by atoms with van der Waals surface area (Å²) in [6.07, 6.45) is 1.45. The van der Waals surface area contributed by atoms with Crippen LogP contribution in [0.5, 0.6) is 5.75 Å². The monoisotopic (exact) mass is 256 g/mol. The number of fused-ring (bicyclic) bond motifs is 1. The predicted molar refractivity (Wildman–Crippen MR) is 68.7 cm³/mol. The van der Waals surface area contributed by atoms with Gasteiger partial charge in [0.25, 0.3) is 0 Å². The van der Waals surface area contributed by atoms with Gasteiger partial charge in [-0.2, -0.15) is 0 Å². The molecule has 1 aliphatic rings. The molecule has 0 aromatic heterocycles. The highest BCUT2D eigenvalue weighted by Gasteiger charge is 2.23. The van der Waals surface area contributed by atoms with Crippen molar-refractivity contribution in [3.05, 3.63) is 29.3 Å². The first-order valence-electron chi connectivity index (χ1n) is 5.36. The molecular weight excluding hydrogens is 240 g/mol. The Morgan fingerprint density at radius 3 is 2.82 bits per heavy atom. The molecule has 0 saturated heterocycles. The summed E-state index contributed by atoms with van der Waals surface area (Å²) in [5.74, 6) is 0.643. The Morgan fingerprint density at radius 1 is 1.47 bits per heavy atom. The van der Waals surface area contributed by atoms with Crippen LogP contribution in [0, 0.1) is 0 Å². The lowest BCUT2D eigenvalue weighted by Gasteiger charge is -2.13. The van der Waals surface area contributed by atoms with Gasteiger partial charge in [-0.1, -0.05) is 12.1 Å². The number of benzene rings is 1. The van der Waals surface area contributed by atoms with Crippen LogP contribution in [-0.2, 0) is 6.42 Å². The van der Waals surface area contributed by atoms with Crippen molar-refractivity contribution in [2.24, 2.45) is 5.73 Å². The summed E-state index contributed by atoms with van der Waals surface area (Å²) in [4.78, 5) is 12.9. The minimum Gasteiger partial charge on any atom is -0.410 e. The SMILES string of the molecule is CN(C)C(=O)Oc1cccc2c1CCC2N.Cl. The second-order valence-corrected chi connectivity index (χ2v) is 4.23. The first kappa shape index (κ1) is 13.8. The summed E-state index contributed by atoms with van der Waals surface area (Å²) in [5, 5.41) is 0. The van der Waals surface area contributed by atoms with E-state index in [1.165, 1.54) is 4.90 Å². The average Bonchev–Trinajstić information content (AvgIpc) is 2.62. The fraction of sp³-hybridized carbons (Fsp3) is 0.417. The zero-order valence-electron chi connectivity index (χ0n) is 9.97. The van der Waals surface area contributed by atoms with Crippen molar-refractivity contribution in [2.45, 2.75) is 18.9 Å². The van der Waals surface area contributed by atoms with E-state index in [0.29, 0.717) is 5.75 Å². The number of carbonyl (C=O) groups is 1. The normalized spacial score (nSPS) is 17.0. The molecule has 0 fully saturated rings. The minimum atomic E-state index is -0.353. The molecule has 1 atom stereocenters. The molecular formula is C12H17ClN2O2. The Balaban J connectivity index is 0.00000144. The second-order valence-electron chi connectivity index (χ2n) is 4.23. The van der Waals surface area contributed by atoms with Gasteiger partial charge in [0.1, 0.15) is 5.75 Å². The quantitative estimate of drug-likeness (QED) is 0.837. The van der Waals surface area contributed by atoms with Gasteiger partial charge in [-0.15, -0.1) is 12.4 Å². The van der Waals surface area contributed by atoms with E-state index in [-0.39, 0.29) is 24.5 Å². The third kappa shape index (κ3) is 2.70. The molecule has 17 heavy (non-hydrogen) atoms. The topological polar surface area (TPSA) is 55.6 Å². The van der Waals surface area contributed by atoms with E-state index >= 15 is 0 Å². The number of nitrogens with two attached hydrogens (primary N) is 1. The van der Waals surface area contributed by atoms with Crippen LogP contribution in [0.25, 0.3) is 0 Å². The number of hydrogen-bond acceptors (Lipinski definition) is 3. The predicted octanol–water partition coefficient (Wildman–Crippen LogP) is 2.11. The van der Waals surface area contributed by atoms with Crippen molar-refractivity contribution < 1.29 is 9.53 Å². The minimum absolute atomic E-state index is 0. The van der Waals surface area contributed by atoms with Gasteiger partial charge in [-0.05, 0) is 30.0 Å². The number of carbonyl (C=O) groups excluding carboxylic acids is 1. The molecule has 1 unspecified atom stereocenters. The molecule has 5 heteroatoms. The van der Waals surface area contributed by atoms with Crippen LogP contribution in [0.3, 0.4) is 0 Å². The highest BCUT2D eigenvalue weighted by molar-refractivity contribution is 5.85. The number of halogens is 1. The highest BCUT2D eigenvalue weighted by atomic mass is 35.5. The number of nitrogens with zero attached hydrogens (tertiary/aromatic N) is 1. The van der Waals surface area contributed by atoms with Crippen molar-refractivity contribution in [1.29, 1.82) is 0 Å². The van der Waals surface area contributed by atoms with E-state index in [2.05, 4.69) is 0 Å². The molecule has 0 aliphatic heterocycles. The molecule has 2 rings (SSSR count). The number of ether oxygens (including phenoxy) is 1. The zero-order chi connectivity index (χ0) is 11.7. The first-order valence-corrected chi connectivity index (χ1v) is 5.36. The lowest BCUT2D eigenvalue weighted by atomic mass is 10.1. The Kier molecular flexibility index (Phi) is 4.37. The van der Waals surface area contributed by atoms with Gasteiger partial charge >= 0.3 is 6.09 Å². The van der Waals surface area contributed by atoms with Gasteiger partial charge in [0, 0.05) is 20.1 Å². The van der Waals surface area contributed by atoms with Crippen LogP contribution >= 0.6 is 12.4 Å². The molecule has 0 spiro atoms. The van der Waals surface area contributed by atoms with Crippen molar-refractivity contribution in [2.75, 3.05) is 14.1 Å². The van der Waals surface area contributed by atoms with Crippen LogP contribution in [0.2, 0.25) is 0 Å². The molecule has 2 N–H and O–H groups in total. The Bertz CT molecular complexity index is 421. The highest BCUT2D eigenvalue weighted by Crippen LogP contribution is 2.35.